The number of thioether (sulfide) groups is 1. The number of hydrogen-bond donors (Lipinski definition) is 4. The van der Waals surface area contributed by atoms with E-state index in [1.54, 1.807) is 12.1 Å². The zero-order chi connectivity index (χ0) is 41.9. The maximum atomic E-state index is 14.1. The van der Waals surface area contributed by atoms with Gasteiger partial charge in [-0.15, -0.1) is 0 Å². The van der Waals surface area contributed by atoms with Gasteiger partial charge in [0.25, 0.3) is 5.56 Å². The lowest BCUT2D eigenvalue weighted by atomic mass is 10.0. The first-order chi connectivity index (χ1) is 27.0. The highest BCUT2D eigenvalue weighted by molar-refractivity contribution is 7.98. The Labute approximate surface area is 330 Å². The molecule has 1 amide bonds. The second kappa shape index (κ2) is 20.4. The van der Waals surface area contributed by atoms with Gasteiger partial charge in [0.1, 0.15) is 12.4 Å². The molecule has 4 aromatic rings. The molecule has 0 saturated carbocycles. The molecule has 4 N–H and O–H groups in total. The van der Waals surface area contributed by atoms with Crippen LogP contribution in [-0.2, 0) is 52.2 Å². The summed E-state index contributed by atoms with van der Waals surface area (Å²) < 4.78 is 54.4. The van der Waals surface area contributed by atoms with E-state index >= 15 is 0 Å². The molecular formula is C40H44F4N4O8S. The molecule has 0 aliphatic heterocycles. The van der Waals surface area contributed by atoms with Gasteiger partial charge in [-0.2, -0.15) is 18.2 Å². The van der Waals surface area contributed by atoms with Crippen LogP contribution in [0.15, 0.2) is 82.7 Å². The van der Waals surface area contributed by atoms with Crippen LogP contribution < -0.4 is 5.56 Å². The third-order valence-corrected chi connectivity index (χ3v) is 10.4. The van der Waals surface area contributed by atoms with Crippen molar-refractivity contribution in [3.05, 3.63) is 117 Å². The largest absolute Gasteiger partial charge is 0.479 e. The molecule has 2 atom stereocenters. The van der Waals surface area contributed by atoms with Gasteiger partial charge in [0.2, 0.25) is 5.91 Å². The molecule has 1 aliphatic carbocycles. The fraction of sp³-hybridized carbons (Fsp3) is 0.375. The van der Waals surface area contributed by atoms with Crippen LogP contribution in [0.3, 0.4) is 0 Å². The van der Waals surface area contributed by atoms with Crippen LogP contribution in [0.1, 0.15) is 48.2 Å². The summed E-state index contributed by atoms with van der Waals surface area (Å²) >= 11 is 1.36. The van der Waals surface area contributed by atoms with E-state index in [2.05, 4.69) is 23.7 Å². The number of alkyl halides is 3. The number of benzene rings is 3. The number of carbonyl (C=O) groups excluding carboxylic acids is 1. The SMILES string of the molecule is CCN(CC)CCN(Cc1ccc(-c2ccc(C(F)(F)F)cc2)cc1)C(=O)Cn1c(SCc2ccc(F)cc2)nc(=O)c2c1CCC2.O=C(O)[C@H](O)[C@@H](O)C(=O)O. The molecule has 12 nitrogen and oxygen atoms in total. The normalized spacial score (nSPS) is 13.4. The number of fused-ring (bicyclic) bond motifs is 1. The van der Waals surface area contributed by atoms with E-state index in [4.69, 9.17) is 20.4 Å². The van der Waals surface area contributed by atoms with E-state index in [0.29, 0.717) is 54.5 Å². The first kappa shape index (κ1) is 44.6. The van der Waals surface area contributed by atoms with Crippen molar-refractivity contribution in [3.8, 4) is 11.1 Å². The van der Waals surface area contributed by atoms with Gasteiger partial charge >= 0.3 is 18.1 Å². The number of hydrogen-bond acceptors (Lipinski definition) is 9. The molecular weight excluding hydrogens is 773 g/mol. The van der Waals surface area contributed by atoms with Crippen LogP contribution in [-0.4, -0.2) is 96.0 Å². The highest BCUT2D eigenvalue weighted by Crippen LogP contribution is 2.31. The van der Waals surface area contributed by atoms with E-state index in [0.717, 1.165) is 54.0 Å². The van der Waals surface area contributed by atoms with Gasteiger partial charge in [-0.1, -0.05) is 74.1 Å². The maximum Gasteiger partial charge on any atom is 0.416 e. The van der Waals surface area contributed by atoms with E-state index in [1.807, 2.05) is 33.7 Å². The lowest BCUT2D eigenvalue weighted by Gasteiger charge is -2.28. The topological polar surface area (TPSA) is 174 Å². The van der Waals surface area contributed by atoms with Crippen molar-refractivity contribution < 1.29 is 52.4 Å². The number of likely N-dealkylation sites (N-methyl/N-ethyl adjacent to an activating group) is 1. The molecule has 3 aromatic carbocycles. The Morgan fingerprint density at radius 3 is 1.89 bits per heavy atom. The predicted molar refractivity (Wildman–Crippen MR) is 204 cm³/mol. The van der Waals surface area contributed by atoms with Gasteiger partial charge in [0.05, 0.1) is 5.56 Å². The van der Waals surface area contributed by atoms with Crippen molar-refractivity contribution in [3.63, 3.8) is 0 Å². The predicted octanol–water partition coefficient (Wildman–Crippen LogP) is 5.10. The Morgan fingerprint density at radius 1 is 0.825 bits per heavy atom. The van der Waals surface area contributed by atoms with Crippen LogP contribution in [0.25, 0.3) is 11.1 Å². The number of rotatable bonds is 16. The maximum absolute atomic E-state index is 14.1. The number of amides is 1. The third-order valence-electron chi connectivity index (χ3n) is 9.39. The van der Waals surface area contributed by atoms with Crippen LogP contribution in [0.2, 0.25) is 0 Å². The summed E-state index contributed by atoms with van der Waals surface area (Å²) in [5.41, 5.74) is 3.79. The van der Waals surface area contributed by atoms with Gasteiger partial charge < -0.3 is 34.8 Å². The van der Waals surface area contributed by atoms with Crippen LogP contribution >= 0.6 is 11.8 Å². The van der Waals surface area contributed by atoms with Crippen LogP contribution in [0.5, 0.6) is 0 Å². The van der Waals surface area contributed by atoms with Crippen molar-refractivity contribution in [2.75, 3.05) is 26.2 Å². The van der Waals surface area contributed by atoms with Crippen molar-refractivity contribution in [2.45, 2.75) is 75.5 Å². The molecule has 1 aliphatic rings. The summed E-state index contributed by atoms with van der Waals surface area (Å²) in [6.45, 7) is 7.42. The second-order valence-corrected chi connectivity index (χ2v) is 14.1. The number of nitrogens with zero attached hydrogens (tertiary/aromatic N) is 4. The Hall–Kier alpha value is -5.10. The lowest BCUT2D eigenvalue weighted by Crippen LogP contribution is -2.40. The smallest absolute Gasteiger partial charge is 0.416 e. The van der Waals surface area contributed by atoms with Gasteiger partial charge in [-0.25, -0.2) is 14.0 Å². The summed E-state index contributed by atoms with van der Waals surface area (Å²) in [5.74, 6) is -3.50. The molecule has 0 radical (unpaired) electrons. The van der Waals surface area contributed by atoms with E-state index in [-0.39, 0.29) is 23.8 Å². The minimum atomic E-state index is -4.39. The highest BCUT2D eigenvalue weighted by atomic mass is 32.2. The van der Waals surface area contributed by atoms with Crippen molar-refractivity contribution in [1.82, 2.24) is 19.4 Å². The summed E-state index contributed by atoms with van der Waals surface area (Å²) in [6, 6.07) is 18.8. The number of aliphatic carboxylic acids is 2. The van der Waals surface area contributed by atoms with E-state index < -0.39 is 35.9 Å². The zero-order valence-electron chi connectivity index (χ0n) is 31.3. The van der Waals surface area contributed by atoms with Gasteiger partial charge in [-0.05, 0) is 78.9 Å². The number of carbonyl (C=O) groups is 3. The average Bonchev–Trinajstić information content (AvgIpc) is 3.69. The Kier molecular flexibility index (Phi) is 15.9. The van der Waals surface area contributed by atoms with Gasteiger partial charge in [0, 0.05) is 36.6 Å². The molecule has 1 heterocycles. The number of carboxylic acid groups (broad SMARTS) is 2. The average molecular weight is 817 g/mol. The molecule has 17 heteroatoms. The minimum Gasteiger partial charge on any atom is -0.479 e. The fourth-order valence-electron chi connectivity index (χ4n) is 6.06. The van der Waals surface area contributed by atoms with Crippen LogP contribution in [0, 0.1) is 5.82 Å². The van der Waals surface area contributed by atoms with Crippen molar-refractivity contribution in [1.29, 1.82) is 0 Å². The molecule has 1 aromatic heterocycles. The summed E-state index contributed by atoms with van der Waals surface area (Å²) in [7, 11) is 0. The summed E-state index contributed by atoms with van der Waals surface area (Å²) in [4.78, 5) is 55.0. The number of halogens is 4. The molecule has 0 fully saturated rings. The third kappa shape index (κ3) is 12.4. The molecule has 306 valence electrons. The van der Waals surface area contributed by atoms with Crippen LogP contribution in [0.4, 0.5) is 17.6 Å². The first-order valence-electron chi connectivity index (χ1n) is 18.1. The van der Waals surface area contributed by atoms with E-state index in [1.165, 1.54) is 36.0 Å². The van der Waals surface area contributed by atoms with Gasteiger partial charge in [-0.3, -0.25) is 9.59 Å². The van der Waals surface area contributed by atoms with Gasteiger partial charge in [0.15, 0.2) is 17.4 Å². The molecule has 57 heavy (non-hydrogen) atoms. The number of carboxylic acids is 2. The standard InChI is InChI=1S/C36H38F4N4O2S.C4H6O6/c1-3-42(4-2)20-21-43(22-25-8-12-27(13-9-25)28-14-16-29(17-15-28)36(38,39)40)33(45)23-44-32-7-5-6-31(32)34(46)41-35(44)47-24-26-10-18-30(37)19-11-26;5-1(3(7)8)2(6)4(9)10/h8-19H,3-7,20-24H2,1-2H3;1-2,5-6H,(H,7,8)(H,9,10)/t;1-,2-/m.1/s1. The molecule has 0 saturated heterocycles. The molecule has 0 unspecified atom stereocenters. The first-order valence-corrected chi connectivity index (χ1v) is 19.1. The monoisotopic (exact) mass is 816 g/mol. The Bertz CT molecular complexity index is 2020. The number of aromatic nitrogens is 2. The highest BCUT2D eigenvalue weighted by Gasteiger charge is 2.31. The molecule has 5 rings (SSSR count). The zero-order valence-corrected chi connectivity index (χ0v) is 32.1. The quantitative estimate of drug-likeness (QED) is 0.0674. The second-order valence-electron chi connectivity index (χ2n) is 13.2. The number of aliphatic hydroxyl groups is 2. The van der Waals surface area contributed by atoms with E-state index in [9.17, 15) is 36.7 Å². The van der Waals surface area contributed by atoms with Crippen molar-refractivity contribution in [2.24, 2.45) is 0 Å². The Balaban J connectivity index is 0.000000635. The Morgan fingerprint density at radius 2 is 1.37 bits per heavy atom. The van der Waals surface area contributed by atoms with Crippen molar-refractivity contribution >= 4 is 29.6 Å². The minimum absolute atomic E-state index is 0.0310. The summed E-state index contributed by atoms with van der Waals surface area (Å²) in [5, 5.41) is 33.0. The molecule has 0 bridgehead atoms. The molecule has 0 spiro atoms. The fourth-order valence-corrected chi connectivity index (χ4v) is 7.03. The number of aliphatic hydroxyl groups excluding tert-OH is 2. The lowest BCUT2D eigenvalue weighted by molar-refractivity contribution is -0.165. The summed E-state index contributed by atoms with van der Waals surface area (Å²) in [6.07, 6.45) is -6.78.